The van der Waals surface area contributed by atoms with Crippen LogP contribution in [0, 0.1) is 18.3 Å². The molecule has 1 saturated heterocycles. The number of rotatable bonds is 7. The van der Waals surface area contributed by atoms with Gasteiger partial charge in [0.2, 0.25) is 0 Å². The van der Waals surface area contributed by atoms with Crippen LogP contribution in [-0.4, -0.2) is 50.7 Å². The lowest BCUT2D eigenvalue weighted by Gasteiger charge is -2.34. The fourth-order valence-electron chi connectivity index (χ4n) is 5.58. The number of amides is 1. The number of anilines is 2. The number of aromatic nitrogens is 4. The smallest absolute Gasteiger partial charge is 0.257 e. The number of nitrogens with zero attached hydrogens (tertiary/aromatic N) is 6. The number of pyridine rings is 1. The number of ether oxygens (including phenoxy) is 1. The molecule has 5 aromatic rings. The van der Waals surface area contributed by atoms with Crippen LogP contribution in [0.2, 0.25) is 0 Å². The third-order valence-electron chi connectivity index (χ3n) is 7.46. The van der Waals surface area contributed by atoms with E-state index in [9.17, 15) is 10.1 Å². The molecule has 41 heavy (non-hydrogen) atoms. The largest absolute Gasteiger partial charge is 0.452 e. The standard InChI is InChI=1S/C31H32N8O2/c1-4-33-22-11-13-38(14-12-22)26-10-9-24(29-25(26)19-37(3)36-29)31(40)35-23-15-28(30-34-20(2)17-39(30)18-23)41-27-8-6-5-7-21(27)16-32/h5-10,15,17-19,22,33H,4,11-14H2,1-3H3,(H,35,40). The minimum absolute atomic E-state index is 0.273. The van der Waals surface area contributed by atoms with Crippen LogP contribution in [0.1, 0.15) is 41.4 Å². The Morgan fingerprint density at radius 3 is 2.71 bits per heavy atom. The predicted octanol–water partition coefficient (Wildman–Crippen LogP) is 5.02. The number of nitriles is 1. The van der Waals surface area contributed by atoms with Gasteiger partial charge in [-0.1, -0.05) is 19.1 Å². The molecule has 10 heteroatoms. The lowest BCUT2D eigenvalue weighted by atomic mass is 10.0. The molecule has 0 spiro atoms. The van der Waals surface area contributed by atoms with E-state index < -0.39 is 0 Å². The molecule has 0 saturated carbocycles. The zero-order valence-electron chi connectivity index (χ0n) is 23.4. The lowest BCUT2D eigenvalue weighted by Crippen LogP contribution is -2.42. The molecule has 4 heterocycles. The summed E-state index contributed by atoms with van der Waals surface area (Å²) in [6, 6.07) is 15.3. The summed E-state index contributed by atoms with van der Waals surface area (Å²) in [5.41, 5.74) is 4.58. The van der Waals surface area contributed by atoms with Crippen LogP contribution in [-0.2, 0) is 7.05 Å². The first-order valence-corrected chi connectivity index (χ1v) is 13.9. The summed E-state index contributed by atoms with van der Waals surface area (Å²) in [6.45, 7) is 6.92. The number of nitrogens with one attached hydrogen (secondary N) is 2. The number of benzene rings is 2. The summed E-state index contributed by atoms with van der Waals surface area (Å²) in [5.74, 6) is 0.574. The van der Waals surface area contributed by atoms with E-state index in [1.165, 1.54) is 0 Å². The fraction of sp³-hybridized carbons (Fsp3) is 0.290. The van der Waals surface area contributed by atoms with Crippen molar-refractivity contribution >= 4 is 33.8 Å². The quantitative estimate of drug-likeness (QED) is 0.294. The number of carbonyl (C=O) groups excluding carboxylic acids is 1. The molecule has 1 amide bonds. The van der Waals surface area contributed by atoms with Crippen LogP contribution in [0.25, 0.3) is 16.6 Å². The average molecular weight is 549 g/mol. The van der Waals surface area contributed by atoms with Crippen molar-refractivity contribution in [2.45, 2.75) is 32.7 Å². The Labute approximate surface area is 238 Å². The number of carbonyl (C=O) groups is 1. The summed E-state index contributed by atoms with van der Waals surface area (Å²) in [7, 11) is 1.88. The molecule has 0 atom stereocenters. The number of hydrogen-bond donors (Lipinski definition) is 2. The van der Waals surface area contributed by atoms with Gasteiger partial charge in [-0.15, -0.1) is 0 Å². The first-order valence-electron chi connectivity index (χ1n) is 13.9. The van der Waals surface area contributed by atoms with Gasteiger partial charge in [-0.3, -0.25) is 9.48 Å². The van der Waals surface area contributed by atoms with Gasteiger partial charge in [0.1, 0.15) is 17.3 Å². The Morgan fingerprint density at radius 1 is 1.12 bits per heavy atom. The zero-order chi connectivity index (χ0) is 28.5. The highest BCUT2D eigenvalue weighted by atomic mass is 16.5. The Balaban J connectivity index is 1.31. The monoisotopic (exact) mass is 548 g/mol. The molecule has 0 unspecified atom stereocenters. The van der Waals surface area contributed by atoms with Gasteiger partial charge >= 0.3 is 0 Å². The van der Waals surface area contributed by atoms with Crippen molar-refractivity contribution in [2.24, 2.45) is 7.05 Å². The topological polar surface area (TPSA) is 113 Å². The summed E-state index contributed by atoms with van der Waals surface area (Å²) in [4.78, 5) is 20.6. The van der Waals surface area contributed by atoms with Gasteiger partial charge in [-0.05, 0) is 50.6 Å². The molecule has 10 nitrogen and oxygen atoms in total. The zero-order valence-corrected chi connectivity index (χ0v) is 23.4. The van der Waals surface area contributed by atoms with Crippen LogP contribution >= 0.6 is 0 Å². The maximum atomic E-state index is 13.7. The second kappa shape index (κ2) is 10.9. The highest BCUT2D eigenvalue weighted by Crippen LogP contribution is 2.33. The second-order valence-electron chi connectivity index (χ2n) is 10.4. The maximum Gasteiger partial charge on any atom is 0.257 e. The number of aryl methyl sites for hydroxylation is 2. The molecule has 3 aromatic heterocycles. The van der Waals surface area contributed by atoms with E-state index in [0.29, 0.717) is 45.5 Å². The van der Waals surface area contributed by atoms with Gasteiger partial charge in [-0.2, -0.15) is 10.4 Å². The van der Waals surface area contributed by atoms with E-state index in [1.807, 2.05) is 49.0 Å². The predicted molar refractivity (Wildman–Crippen MR) is 159 cm³/mol. The molecule has 1 fully saturated rings. The molecule has 0 radical (unpaired) electrons. The molecule has 0 bridgehead atoms. The van der Waals surface area contributed by atoms with Gasteiger partial charge in [0.15, 0.2) is 11.4 Å². The van der Waals surface area contributed by atoms with Crippen molar-refractivity contribution in [3.63, 3.8) is 0 Å². The lowest BCUT2D eigenvalue weighted by molar-refractivity contribution is 0.102. The van der Waals surface area contributed by atoms with Crippen molar-refractivity contribution in [2.75, 3.05) is 29.9 Å². The molecular formula is C31H32N8O2. The van der Waals surface area contributed by atoms with Crippen molar-refractivity contribution in [3.05, 3.63) is 77.9 Å². The average Bonchev–Trinajstić information content (AvgIpc) is 3.55. The number of fused-ring (bicyclic) bond motifs is 2. The Hall–Kier alpha value is -4.88. The molecular weight excluding hydrogens is 516 g/mol. The Morgan fingerprint density at radius 2 is 1.93 bits per heavy atom. The molecule has 208 valence electrons. The molecule has 2 N–H and O–H groups in total. The van der Waals surface area contributed by atoms with Crippen molar-refractivity contribution in [1.29, 1.82) is 5.26 Å². The van der Waals surface area contributed by atoms with Gasteiger partial charge < -0.3 is 24.7 Å². The summed E-state index contributed by atoms with van der Waals surface area (Å²) in [5, 5.41) is 21.7. The Kier molecular flexibility index (Phi) is 7.03. The molecule has 1 aliphatic rings. The van der Waals surface area contributed by atoms with E-state index >= 15 is 0 Å². The Bertz CT molecular complexity index is 1790. The number of hydrogen-bond acceptors (Lipinski definition) is 7. The normalized spacial score (nSPS) is 14.0. The van der Waals surface area contributed by atoms with Crippen LogP contribution in [0.4, 0.5) is 11.4 Å². The highest BCUT2D eigenvalue weighted by molar-refractivity contribution is 6.14. The minimum atomic E-state index is -0.273. The van der Waals surface area contributed by atoms with E-state index in [2.05, 4.69) is 38.6 Å². The second-order valence-corrected chi connectivity index (χ2v) is 10.4. The minimum Gasteiger partial charge on any atom is -0.452 e. The van der Waals surface area contributed by atoms with Crippen LogP contribution < -0.4 is 20.3 Å². The van der Waals surface area contributed by atoms with Gasteiger partial charge in [0, 0.05) is 61.9 Å². The SMILES string of the molecule is CCNC1CCN(c2ccc(C(=O)Nc3cc(Oc4ccccc4C#N)c4nc(C)cn4c3)c3nn(C)cc23)CC1. The molecule has 1 aliphatic heterocycles. The first kappa shape index (κ1) is 26.3. The summed E-state index contributed by atoms with van der Waals surface area (Å²) in [6.07, 6.45) is 7.80. The molecule has 2 aromatic carbocycles. The van der Waals surface area contributed by atoms with Crippen molar-refractivity contribution in [3.8, 4) is 17.6 Å². The van der Waals surface area contributed by atoms with E-state index in [1.54, 1.807) is 35.1 Å². The van der Waals surface area contributed by atoms with Gasteiger partial charge in [-0.25, -0.2) is 4.98 Å². The molecule has 0 aliphatic carbocycles. The van der Waals surface area contributed by atoms with Crippen molar-refractivity contribution < 1.29 is 9.53 Å². The van der Waals surface area contributed by atoms with E-state index in [0.717, 1.165) is 49.2 Å². The number of imidazole rings is 1. The molecule has 6 rings (SSSR count). The van der Waals surface area contributed by atoms with Crippen molar-refractivity contribution in [1.82, 2.24) is 24.5 Å². The van der Waals surface area contributed by atoms with Crippen LogP contribution in [0.3, 0.4) is 0 Å². The summed E-state index contributed by atoms with van der Waals surface area (Å²) >= 11 is 0. The third kappa shape index (κ3) is 5.19. The number of para-hydroxylation sites is 1. The maximum absolute atomic E-state index is 13.7. The van der Waals surface area contributed by atoms with Gasteiger partial charge in [0.05, 0.1) is 22.5 Å². The summed E-state index contributed by atoms with van der Waals surface area (Å²) < 4.78 is 9.72. The van der Waals surface area contributed by atoms with Gasteiger partial charge in [0.25, 0.3) is 5.91 Å². The van der Waals surface area contributed by atoms with Crippen LogP contribution in [0.5, 0.6) is 11.5 Å². The third-order valence-corrected chi connectivity index (χ3v) is 7.46. The fourth-order valence-corrected chi connectivity index (χ4v) is 5.58. The highest BCUT2D eigenvalue weighted by Gasteiger charge is 2.23. The van der Waals surface area contributed by atoms with Crippen LogP contribution in [0.15, 0.2) is 61.1 Å². The first-order chi connectivity index (χ1) is 19.9. The van der Waals surface area contributed by atoms with E-state index in [-0.39, 0.29) is 5.91 Å². The van der Waals surface area contributed by atoms with E-state index in [4.69, 9.17) is 4.74 Å². The number of piperidine rings is 1.